The molecule has 0 nitrogen and oxygen atoms in total. The lowest BCUT2D eigenvalue weighted by molar-refractivity contribution is 0.635. The van der Waals surface area contributed by atoms with Gasteiger partial charge in [-0.25, -0.2) is 0 Å². The lowest BCUT2D eigenvalue weighted by atomic mass is 10.0. The van der Waals surface area contributed by atoms with E-state index in [0.29, 0.717) is 0 Å². The largest absolute Gasteiger partial charge is 0.157 e. The van der Waals surface area contributed by atoms with Crippen molar-refractivity contribution in [3.8, 4) is 0 Å². The van der Waals surface area contributed by atoms with Crippen molar-refractivity contribution in [1.29, 1.82) is 0 Å². The van der Waals surface area contributed by atoms with Crippen molar-refractivity contribution in [2.45, 2.75) is 26.7 Å². The predicted molar refractivity (Wildman–Crippen MR) is 49.5 cm³/mol. The number of thioether (sulfide) groups is 1. The average Bonchev–Trinajstić information content (AvgIpc) is 1.88. The van der Waals surface area contributed by atoms with E-state index in [1.54, 1.807) is 5.57 Å². The molecule has 0 saturated heterocycles. The Labute approximate surface area is 68.1 Å². The van der Waals surface area contributed by atoms with Crippen LogP contribution in [0, 0.1) is 5.92 Å². The minimum absolute atomic E-state index is 0.878. The van der Waals surface area contributed by atoms with Crippen LogP contribution >= 0.6 is 11.8 Å². The van der Waals surface area contributed by atoms with Gasteiger partial charge in [-0.15, -0.1) is 0 Å². The molecule has 0 N–H and O–H groups in total. The maximum Gasteiger partial charge on any atom is 0.0140 e. The fourth-order valence-electron chi connectivity index (χ4n) is 1.41. The molecule has 10 heavy (non-hydrogen) atoms. The maximum atomic E-state index is 2.46. The summed E-state index contributed by atoms with van der Waals surface area (Å²) in [6.07, 6.45) is 5.17. The van der Waals surface area contributed by atoms with Gasteiger partial charge in [-0.3, -0.25) is 0 Å². The summed E-state index contributed by atoms with van der Waals surface area (Å²) in [5.41, 5.74) is 1.58. The summed E-state index contributed by atoms with van der Waals surface area (Å²) in [7, 11) is 0. The lowest BCUT2D eigenvalue weighted by Gasteiger charge is -2.17. The topological polar surface area (TPSA) is 0 Å². The average molecular weight is 156 g/mol. The molecule has 1 rings (SSSR count). The standard InChI is InChI=1S/C9H16S/c1-3-4-9-5-8(2)6-10-7-9/h5,9H,3-4,6-7H2,1-2H3. The second-order valence-corrected chi connectivity index (χ2v) is 4.11. The molecule has 0 aromatic heterocycles. The highest BCUT2D eigenvalue weighted by atomic mass is 32.2. The molecule has 0 fully saturated rings. The van der Waals surface area contributed by atoms with E-state index in [1.807, 2.05) is 0 Å². The molecule has 0 bridgehead atoms. The van der Waals surface area contributed by atoms with Crippen LogP contribution in [0.15, 0.2) is 11.6 Å². The van der Waals surface area contributed by atoms with Gasteiger partial charge in [0.25, 0.3) is 0 Å². The predicted octanol–water partition coefficient (Wildman–Crippen LogP) is 3.10. The van der Waals surface area contributed by atoms with Gasteiger partial charge in [-0.05, 0) is 25.0 Å². The molecule has 0 aromatic carbocycles. The zero-order valence-electron chi connectivity index (χ0n) is 6.89. The van der Waals surface area contributed by atoms with E-state index < -0.39 is 0 Å². The summed E-state index contributed by atoms with van der Waals surface area (Å²) in [4.78, 5) is 0. The fourth-order valence-corrected chi connectivity index (χ4v) is 2.51. The Morgan fingerprint density at radius 2 is 2.50 bits per heavy atom. The zero-order chi connectivity index (χ0) is 7.40. The summed E-state index contributed by atoms with van der Waals surface area (Å²) in [6, 6.07) is 0. The molecule has 1 aliphatic heterocycles. The quantitative estimate of drug-likeness (QED) is 0.554. The van der Waals surface area contributed by atoms with Crippen LogP contribution in [0.4, 0.5) is 0 Å². The van der Waals surface area contributed by atoms with Gasteiger partial charge in [0.1, 0.15) is 0 Å². The molecular weight excluding hydrogens is 140 g/mol. The smallest absolute Gasteiger partial charge is 0.0140 e. The lowest BCUT2D eigenvalue weighted by Crippen LogP contribution is -2.06. The molecule has 1 heterocycles. The van der Waals surface area contributed by atoms with Crippen LogP contribution in [-0.2, 0) is 0 Å². The molecular formula is C9H16S. The van der Waals surface area contributed by atoms with Crippen LogP contribution in [0.25, 0.3) is 0 Å². The van der Waals surface area contributed by atoms with Crippen molar-refractivity contribution in [2.24, 2.45) is 5.92 Å². The van der Waals surface area contributed by atoms with Crippen molar-refractivity contribution in [3.05, 3.63) is 11.6 Å². The minimum atomic E-state index is 0.878. The SMILES string of the molecule is CCCC1C=C(C)CSC1. The van der Waals surface area contributed by atoms with Crippen LogP contribution in [-0.4, -0.2) is 11.5 Å². The van der Waals surface area contributed by atoms with Crippen molar-refractivity contribution < 1.29 is 0 Å². The number of hydrogen-bond donors (Lipinski definition) is 0. The second-order valence-electron chi connectivity index (χ2n) is 3.08. The van der Waals surface area contributed by atoms with E-state index >= 15 is 0 Å². The first-order valence-electron chi connectivity index (χ1n) is 4.08. The van der Waals surface area contributed by atoms with E-state index in [0.717, 1.165) is 5.92 Å². The van der Waals surface area contributed by atoms with Crippen LogP contribution in [0.2, 0.25) is 0 Å². The molecule has 0 radical (unpaired) electrons. The van der Waals surface area contributed by atoms with Crippen molar-refractivity contribution in [1.82, 2.24) is 0 Å². The van der Waals surface area contributed by atoms with Crippen LogP contribution < -0.4 is 0 Å². The Balaban J connectivity index is 2.38. The van der Waals surface area contributed by atoms with Crippen LogP contribution in [0.5, 0.6) is 0 Å². The monoisotopic (exact) mass is 156 g/mol. The Kier molecular flexibility index (Phi) is 3.33. The van der Waals surface area contributed by atoms with E-state index in [9.17, 15) is 0 Å². The Hall–Kier alpha value is 0.0900. The van der Waals surface area contributed by atoms with Crippen molar-refractivity contribution >= 4 is 11.8 Å². The molecule has 0 aromatic rings. The fraction of sp³-hybridized carbons (Fsp3) is 0.778. The molecule has 1 unspecified atom stereocenters. The molecule has 0 amide bonds. The third-order valence-electron chi connectivity index (χ3n) is 1.84. The van der Waals surface area contributed by atoms with Crippen molar-refractivity contribution in [2.75, 3.05) is 11.5 Å². The van der Waals surface area contributed by atoms with Gasteiger partial charge >= 0.3 is 0 Å². The maximum absolute atomic E-state index is 2.46. The highest BCUT2D eigenvalue weighted by molar-refractivity contribution is 7.99. The number of rotatable bonds is 2. The minimum Gasteiger partial charge on any atom is -0.157 e. The van der Waals surface area contributed by atoms with E-state index in [2.05, 4.69) is 31.7 Å². The summed E-state index contributed by atoms with van der Waals surface area (Å²) < 4.78 is 0. The van der Waals surface area contributed by atoms with Gasteiger partial charge in [0.15, 0.2) is 0 Å². The number of hydrogen-bond acceptors (Lipinski definition) is 1. The molecule has 1 atom stereocenters. The first-order chi connectivity index (χ1) is 4.83. The Bertz CT molecular complexity index is 127. The molecule has 0 saturated carbocycles. The summed E-state index contributed by atoms with van der Waals surface area (Å²) in [6.45, 7) is 4.51. The summed E-state index contributed by atoms with van der Waals surface area (Å²) in [5, 5.41) is 0. The highest BCUT2D eigenvalue weighted by Gasteiger charge is 2.09. The first kappa shape index (κ1) is 8.19. The third-order valence-corrected chi connectivity index (χ3v) is 3.16. The molecule has 1 heteroatoms. The number of allylic oxidation sites excluding steroid dienone is 1. The van der Waals surface area contributed by atoms with Crippen LogP contribution in [0.3, 0.4) is 0 Å². The van der Waals surface area contributed by atoms with E-state index in [-0.39, 0.29) is 0 Å². The Morgan fingerprint density at radius 1 is 1.70 bits per heavy atom. The molecule has 0 spiro atoms. The highest BCUT2D eigenvalue weighted by Crippen LogP contribution is 2.24. The Morgan fingerprint density at radius 3 is 3.10 bits per heavy atom. The summed E-state index contributed by atoms with van der Waals surface area (Å²) in [5.74, 6) is 3.49. The normalized spacial score (nSPS) is 26.2. The first-order valence-corrected chi connectivity index (χ1v) is 5.23. The van der Waals surface area contributed by atoms with Gasteiger partial charge in [0.05, 0.1) is 0 Å². The molecule has 0 aliphatic carbocycles. The van der Waals surface area contributed by atoms with Gasteiger partial charge in [-0.2, -0.15) is 11.8 Å². The van der Waals surface area contributed by atoms with Crippen LogP contribution in [0.1, 0.15) is 26.7 Å². The van der Waals surface area contributed by atoms with Gasteiger partial charge < -0.3 is 0 Å². The molecule has 1 aliphatic rings. The van der Waals surface area contributed by atoms with Gasteiger partial charge in [-0.1, -0.05) is 25.0 Å². The summed E-state index contributed by atoms with van der Waals surface area (Å²) >= 11 is 2.08. The van der Waals surface area contributed by atoms with E-state index in [1.165, 1.54) is 24.3 Å². The van der Waals surface area contributed by atoms with E-state index in [4.69, 9.17) is 0 Å². The van der Waals surface area contributed by atoms with Gasteiger partial charge in [0, 0.05) is 5.75 Å². The zero-order valence-corrected chi connectivity index (χ0v) is 7.71. The molecule has 58 valence electrons. The third kappa shape index (κ3) is 2.37. The second kappa shape index (κ2) is 4.07. The van der Waals surface area contributed by atoms with Gasteiger partial charge in [0.2, 0.25) is 0 Å². The van der Waals surface area contributed by atoms with Crippen molar-refractivity contribution in [3.63, 3.8) is 0 Å².